The van der Waals surface area contributed by atoms with Crippen LogP contribution in [0.4, 0.5) is 0 Å². The number of carbonyl (C=O) groups is 1. The van der Waals surface area contributed by atoms with Crippen LogP contribution in [0.1, 0.15) is 11.5 Å². The van der Waals surface area contributed by atoms with E-state index in [-0.39, 0.29) is 29.4 Å². The fraction of sp³-hybridized carbons (Fsp3) is 0.200. The zero-order valence-corrected chi connectivity index (χ0v) is 14.5. The van der Waals surface area contributed by atoms with Gasteiger partial charge in [0.1, 0.15) is 24.0 Å². The lowest BCUT2D eigenvalue weighted by atomic mass is 9.81. The first kappa shape index (κ1) is 17.5. The van der Waals surface area contributed by atoms with Gasteiger partial charge in [-0.25, -0.2) is 4.79 Å². The average molecular weight is 350 g/mol. The van der Waals surface area contributed by atoms with E-state index in [0.717, 1.165) is 16.3 Å². The Labute approximate surface area is 151 Å². The Morgan fingerprint density at radius 1 is 1.23 bits per heavy atom. The molecule has 0 fully saturated rings. The molecule has 132 valence electrons. The Bertz CT molecular complexity index is 964. The van der Waals surface area contributed by atoms with E-state index in [1.807, 2.05) is 42.5 Å². The Kier molecular flexibility index (Phi) is 4.92. The van der Waals surface area contributed by atoms with Crippen LogP contribution in [0, 0.1) is 11.3 Å². The van der Waals surface area contributed by atoms with Crippen molar-refractivity contribution in [1.29, 1.82) is 5.26 Å². The summed E-state index contributed by atoms with van der Waals surface area (Å²) in [5.74, 6) is -1.08. The van der Waals surface area contributed by atoms with Crippen molar-refractivity contribution in [3.05, 3.63) is 70.8 Å². The van der Waals surface area contributed by atoms with Crippen molar-refractivity contribution in [3.8, 4) is 6.07 Å². The van der Waals surface area contributed by atoms with Crippen molar-refractivity contribution < 1.29 is 19.0 Å². The number of hydrogen-bond donors (Lipinski definition) is 1. The second-order valence-electron chi connectivity index (χ2n) is 5.75. The van der Waals surface area contributed by atoms with E-state index in [4.69, 9.17) is 19.9 Å². The van der Waals surface area contributed by atoms with Crippen LogP contribution >= 0.6 is 0 Å². The largest absolute Gasteiger partial charge is 0.466 e. The van der Waals surface area contributed by atoms with Crippen LogP contribution in [0.2, 0.25) is 0 Å². The summed E-state index contributed by atoms with van der Waals surface area (Å²) < 4.78 is 15.6. The predicted octanol–water partition coefficient (Wildman–Crippen LogP) is 2.72. The van der Waals surface area contributed by atoms with Crippen LogP contribution in [0.5, 0.6) is 0 Å². The van der Waals surface area contributed by atoms with E-state index >= 15 is 0 Å². The van der Waals surface area contributed by atoms with E-state index < -0.39 is 11.9 Å². The highest BCUT2D eigenvalue weighted by atomic mass is 16.5. The molecule has 0 spiro atoms. The van der Waals surface area contributed by atoms with E-state index in [2.05, 4.69) is 6.07 Å². The summed E-state index contributed by atoms with van der Waals surface area (Å²) in [7, 11) is 2.77. The summed E-state index contributed by atoms with van der Waals surface area (Å²) in [6.45, 7) is 0.0328. The first-order valence-electron chi connectivity index (χ1n) is 7.97. The maximum atomic E-state index is 12.6. The number of esters is 1. The van der Waals surface area contributed by atoms with Crippen molar-refractivity contribution in [3.63, 3.8) is 0 Å². The number of nitriles is 1. The third kappa shape index (κ3) is 2.89. The van der Waals surface area contributed by atoms with Gasteiger partial charge in [0.15, 0.2) is 0 Å². The topological polar surface area (TPSA) is 94.6 Å². The van der Waals surface area contributed by atoms with Crippen molar-refractivity contribution in [2.75, 3.05) is 20.8 Å². The molecule has 3 rings (SSSR count). The maximum absolute atomic E-state index is 12.6. The molecule has 0 radical (unpaired) electrons. The summed E-state index contributed by atoms with van der Waals surface area (Å²) >= 11 is 0. The van der Waals surface area contributed by atoms with Gasteiger partial charge < -0.3 is 19.9 Å². The molecule has 0 bridgehead atoms. The lowest BCUT2D eigenvalue weighted by molar-refractivity contribution is -0.136. The van der Waals surface area contributed by atoms with Crippen molar-refractivity contribution >= 4 is 16.7 Å². The highest BCUT2D eigenvalue weighted by molar-refractivity contribution is 5.95. The Hall–Kier alpha value is -3.30. The first-order chi connectivity index (χ1) is 12.6. The van der Waals surface area contributed by atoms with Crippen molar-refractivity contribution in [2.45, 2.75) is 5.92 Å². The van der Waals surface area contributed by atoms with Gasteiger partial charge in [-0.1, -0.05) is 42.5 Å². The fourth-order valence-electron chi connectivity index (χ4n) is 3.20. The standard InChI is InChI=1S/C20H18N2O4/c1-24-11-16-18(20(23)25-2)17(15(10-21)19(22)26-16)14-9-5-7-12-6-3-4-8-13(12)14/h3-9,17H,11,22H2,1-2H3/t17-/m1/s1. The number of nitrogens with zero attached hydrogens (tertiary/aromatic N) is 1. The molecule has 0 aromatic heterocycles. The lowest BCUT2D eigenvalue weighted by Gasteiger charge is -2.28. The first-order valence-corrected chi connectivity index (χ1v) is 7.97. The van der Waals surface area contributed by atoms with E-state index in [1.165, 1.54) is 14.2 Å². The molecule has 1 aliphatic heterocycles. The highest BCUT2D eigenvalue weighted by Gasteiger charge is 2.38. The summed E-state index contributed by atoms with van der Waals surface area (Å²) in [6, 6.07) is 15.5. The van der Waals surface area contributed by atoms with Gasteiger partial charge in [0.25, 0.3) is 0 Å². The molecule has 0 saturated heterocycles. The number of rotatable bonds is 4. The SMILES string of the molecule is COCC1=C(C(=O)OC)[C@H](c2cccc3ccccc23)C(C#N)=C(N)O1. The smallest absolute Gasteiger partial charge is 0.338 e. The third-order valence-electron chi connectivity index (χ3n) is 4.31. The van der Waals surface area contributed by atoms with Gasteiger partial charge in [0.2, 0.25) is 5.88 Å². The summed E-state index contributed by atoms with van der Waals surface area (Å²) in [5, 5.41) is 11.6. The second kappa shape index (κ2) is 7.30. The van der Waals surface area contributed by atoms with Crippen molar-refractivity contribution in [2.24, 2.45) is 5.73 Å². The number of ether oxygens (including phenoxy) is 3. The molecule has 0 amide bonds. The quantitative estimate of drug-likeness (QED) is 0.852. The Morgan fingerprint density at radius 2 is 1.96 bits per heavy atom. The fourth-order valence-corrected chi connectivity index (χ4v) is 3.20. The molecule has 0 saturated carbocycles. The van der Waals surface area contributed by atoms with Gasteiger partial charge in [-0.05, 0) is 16.3 Å². The number of methoxy groups -OCH3 is 2. The molecule has 26 heavy (non-hydrogen) atoms. The van der Waals surface area contributed by atoms with Crippen LogP contribution < -0.4 is 5.73 Å². The van der Waals surface area contributed by atoms with Gasteiger partial charge in [-0.15, -0.1) is 0 Å². The monoisotopic (exact) mass is 350 g/mol. The van der Waals surface area contributed by atoms with Crippen LogP contribution in [0.15, 0.2) is 65.3 Å². The Balaban J connectivity index is 2.32. The molecule has 1 heterocycles. The zero-order valence-electron chi connectivity index (χ0n) is 14.5. The minimum atomic E-state index is -0.697. The minimum absolute atomic E-state index is 0.0328. The van der Waals surface area contributed by atoms with Gasteiger partial charge in [0, 0.05) is 7.11 Å². The van der Waals surface area contributed by atoms with Gasteiger partial charge in [0.05, 0.1) is 18.6 Å². The molecule has 0 unspecified atom stereocenters. The van der Waals surface area contributed by atoms with E-state index in [1.54, 1.807) is 0 Å². The average Bonchev–Trinajstić information content (AvgIpc) is 2.66. The molecule has 1 atom stereocenters. The number of carbonyl (C=O) groups excluding carboxylic acids is 1. The van der Waals surface area contributed by atoms with Crippen LogP contribution in [-0.2, 0) is 19.0 Å². The molecular formula is C20H18N2O4. The van der Waals surface area contributed by atoms with Gasteiger partial charge in [-0.2, -0.15) is 5.26 Å². The molecule has 2 N–H and O–H groups in total. The number of benzene rings is 2. The van der Waals surface area contributed by atoms with Gasteiger partial charge in [-0.3, -0.25) is 0 Å². The molecule has 1 aliphatic rings. The van der Waals surface area contributed by atoms with Crippen LogP contribution in [0.3, 0.4) is 0 Å². The van der Waals surface area contributed by atoms with Gasteiger partial charge >= 0.3 is 5.97 Å². The second-order valence-corrected chi connectivity index (χ2v) is 5.75. The molecule has 6 nitrogen and oxygen atoms in total. The number of allylic oxidation sites excluding steroid dienone is 1. The van der Waals surface area contributed by atoms with Crippen molar-refractivity contribution in [1.82, 2.24) is 0 Å². The molecule has 6 heteroatoms. The summed E-state index contributed by atoms with van der Waals surface area (Å²) in [6.07, 6.45) is 0. The third-order valence-corrected chi connectivity index (χ3v) is 4.31. The number of hydrogen-bond acceptors (Lipinski definition) is 6. The number of fused-ring (bicyclic) bond motifs is 1. The molecule has 2 aromatic carbocycles. The number of nitrogens with two attached hydrogens (primary N) is 1. The molecule has 0 aliphatic carbocycles. The van der Waals surface area contributed by atoms with Crippen LogP contribution in [-0.4, -0.2) is 26.8 Å². The normalized spacial score (nSPS) is 17.0. The summed E-state index contributed by atoms with van der Waals surface area (Å²) in [5.41, 5.74) is 7.14. The Morgan fingerprint density at radius 3 is 2.65 bits per heavy atom. The van der Waals surface area contributed by atoms with E-state index in [0.29, 0.717) is 0 Å². The minimum Gasteiger partial charge on any atom is -0.466 e. The maximum Gasteiger partial charge on any atom is 0.338 e. The highest BCUT2D eigenvalue weighted by Crippen LogP contribution is 2.42. The lowest BCUT2D eigenvalue weighted by Crippen LogP contribution is -2.27. The molecule has 2 aromatic rings. The summed E-state index contributed by atoms with van der Waals surface area (Å²) in [4.78, 5) is 12.6. The van der Waals surface area contributed by atoms with E-state index in [9.17, 15) is 10.1 Å². The predicted molar refractivity (Wildman–Crippen MR) is 95.5 cm³/mol. The van der Waals surface area contributed by atoms with Crippen LogP contribution in [0.25, 0.3) is 10.8 Å². The zero-order chi connectivity index (χ0) is 18.7. The molecular weight excluding hydrogens is 332 g/mol.